The first kappa shape index (κ1) is 17.1. The van der Waals surface area contributed by atoms with Crippen molar-refractivity contribution in [1.82, 2.24) is 0 Å². The Morgan fingerprint density at radius 2 is 1.87 bits per heavy atom. The number of esters is 1. The average molecular weight is 377 g/mol. The number of carbonyl (C=O) groups is 2. The van der Waals surface area contributed by atoms with E-state index in [1.54, 1.807) is 36.4 Å². The van der Waals surface area contributed by atoms with Crippen LogP contribution in [0.15, 0.2) is 59.1 Å². The Bertz CT molecular complexity index is 738. The molecule has 0 aliphatic rings. The molecule has 0 aliphatic heterocycles. The first-order valence-corrected chi connectivity index (χ1v) is 7.69. The normalized spacial score (nSPS) is 12.1. The van der Waals surface area contributed by atoms with Crippen molar-refractivity contribution in [2.45, 2.75) is 13.0 Å². The van der Waals surface area contributed by atoms with Crippen LogP contribution in [0.5, 0.6) is 0 Å². The SMILES string of the molecule is C[C@@H](OC(=O)/C=C/c1cccc(F)c1)C(=O)c1ccc(Br)cc1. The highest BCUT2D eigenvalue weighted by atomic mass is 79.9. The molecule has 0 heterocycles. The lowest BCUT2D eigenvalue weighted by molar-refractivity contribution is -0.140. The number of hydrogen-bond acceptors (Lipinski definition) is 3. The Kier molecular flexibility index (Phi) is 5.82. The molecule has 0 spiro atoms. The molecule has 0 unspecified atom stereocenters. The molecule has 23 heavy (non-hydrogen) atoms. The Labute approximate surface area is 141 Å². The average Bonchev–Trinajstić information content (AvgIpc) is 2.53. The zero-order valence-electron chi connectivity index (χ0n) is 12.3. The van der Waals surface area contributed by atoms with Crippen molar-refractivity contribution in [3.8, 4) is 0 Å². The largest absolute Gasteiger partial charge is 0.451 e. The van der Waals surface area contributed by atoms with Gasteiger partial charge in [-0.15, -0.1) is 0 Å². The molecule has 2 aromatic carbocycles. The fourth-order valence-electron chi connectivity index (χ4n) is 1.89. The molecule has 0 aliphatic carbocycles. The van der Waals surface area contributed by atoms with Crippen LogP contribution in [0.3, 0.4) is 0 Å². The molecule has 5 heteroatoms. The zero-order chi connectivity index (χ0) is 16.8. The predicted molar refractivity (Wildman–Crippen MR) is 89.5 cm³/mol. The molecule has 118 valence electrons. The summed E-state index contributed by atoms with van der Waals surface area (Å²) in [5.74, 6) is -1.34. The van der Waals surface area contributed by atoms with Gasteiger partial charge in [-0.3, -0.25) is 4.79 Å². The van der Waals surface area contributed by atoms with Crippen molar-refractivity contribution >= 4 is 33.8 Å². The van der Waals surface area contributed by atoms with Crippen LogP contribution in [0.2, 0.25) is 0 Å². The third-order valence-corrected chi connectivity index (χ3v) is 3.58. The first-order chi connectivity index (χ1) is 11.0. The van der Waals surface area contributed by atoms with Crippen LogP contribution in [0.25, 0.3) is 6.08 Å². The molecule has 2 aromatic rings. The lowest BCUT2D eigenvalue weighted by Crippen LogP contribution is -2.23. The fourth-order valence-corrected chi connectivity index (χ4v) is 2.15. The summed E-state index contributed by atoms with van der Waals surface area (Å²) in [6.07, 6.45) is 1.70. The summed E-state index contributed by atoms with van der Waals surface area (Å²) in [4.78, 5) is 23.9. The second-order valence-electron chi connectivity index (χ2n) is 4.84. The van der Waals surface area contributed by atoms with Gasteiger partial charge < -0.3 is 4.74 Å². The van der Waals surface area contributed by atoms with Gasteiger partial charge in [0.2, 0.25) is 5.78 Å². The van der Waals surface area contributed by atoms with Crippen molar-refractivity contribution in [2.75, 3.05) is 0 Å². The van der Waals surface area contributed by atoms with E-state index in [0.29, 0.717) is 11.1 Å². The minimum Gasteiger partial charge on any atom is -0.451 e. The lowest BCUT2D eigenvalue weighted by Gasteiger charge is -2.10. The number of hydrogen-bond donors (Lipinski definition) is 0. The second kappa shape index (κ2) is 7.83. The number of ketones is 1. The van der Waals surface area contributed by atoms with Gasteiger partial charge in [-0.1, -0.05) is 40.2 Å². The number of halogens is 2. The van der Waals surface area contributed by atoms with E-state index in [0.717, 1.165) is 4.47 Å². The molecule has 1 atom stereocenters. The van der Waals surface area contributed by atoms with E-state index in [1.807, 2.05) is 0 Å². The van der Waals surface area contributed by atoms with Crippen LogP contribution in [-0.4, -0.2) is 17.9 Å². The summed E-state index contributed by atoms with van der Waals surface area (Å²) < 4.78 is 19.0. The quantitative estimate of drug-likeness (QED) is 0.440. The number of ether oxygens (including phenoxy) is 1. The zero-order valence-corrected chi connectivity index (χ0v) is 13.9. The maximum atomic E-state index is 13.0. The summed E-state index contributed by atoms with van der Waals surface area (Å²) in [5, 5.41) is 0. The molecule has 0 amide bonds. The van der Waals surface area contributed by atoms with Gasteiger partial charge in [0, 0.05) is 16.1 Å². The highest BCUT2D eigenvalue weighted by Crippen LogP contribution is 2.13. The van der Waals surface area contributed by atoms with Gasteiger partial charge in [0.15, 0.2) is 6.10 Å². The molecule has 0 aromatic heterocycles. The lowest BCUT2D eigenvalue weighted by atomic mass is 10.1. The molecule has 0 radical (unpaired) electrons. The topological polar surface area (TPSA) is 43.4 Å². The van der Waals surface area contributed by atoms with Gasteiger partial charge in [-0.25, -0.2) is 9.18 Å². The number of rotatable bonds is 5. The van der Waals surface area contributed by atoms with Gasteiger partial charge >= 0.3 is 5.97 Å². The minimum atomic E-state index is -0.902. The Morgan fingerprint density at radius 3 is 2.52 bits per heavy atom. The summed E-state index contributed by atoms with van der Waals surface area (Å²) >= 11 is 3.29. The maximum absolute atomic E-state index is 13.0. The molecular formula is C18H14BrFO3. The van der Waals surface area contributed by atoms with Gasteiger partial charge in [-0.05, 0) is 42.8 Å². The first-order valence-electron chi connectivity index (χ1n) is 6.90. The van der Waals surface area contributed by atoms with E-state index in [9.17, 15) is 14.0 Å². The van der Waals surface area contributed by atoms with Crippen LogP contribution in [0.1, 0.15) is 22.8 Å². The van der Waals surface area contributed by atoms with Crippen molar-refractivity contribution in [3.05, 3.63) is 76.0 Å². The molecule has 3 nitrogen and oxygen atoms in total. The molecular weight excluding hydrogens is 363 g/mol. The monoisotopic (exact) mass is 376 g/mol. The fraction of sp³-hybridized carbons (Fsp3) is 0.111. The van der Waals surface area contributed by atoms with Gasteiger partial charge in [-0.2, -0.15) is 0 Å². The van der Waals surface area contributed by atoms with Crippen LogP contribution in [-0.2, 0) is 9.53 Å². The number of benzene rings is 2. The molecule has 0 fully saturated rings. The summed E-state index contributed by atoms with van der Waals surface area (Å²) in [6, 6.07) is 12.6. The van der Waals surface area contributed by atoms with Crippen molar-refractivity contribution in [3.63, 3.8) is 0 Å². The standard InChI is InChI=1S/C18H14BrFO3/c1-12(18(22)14-6-8-15(19)9-7-14)23-17(21)10-5-13-3-2-4-16(20)11-13/h2-12H,1H3/b10-5+/t12-/m1/s1. The highest BCUT2D eigenvalue weighted by molar-refractivity contribution is 9.10. The maximum Gasteiger partial charge on any atom is 0.331 e. The van der Waals surface area contributed by atoms with Crippen molar-refractivity contribution in [2.24, 2.45) is 0 Å². The van der Waals surface area contributed by atoms with E-state index in [2.05, 4.69) is 15.9 Å². The summed E-state index contributed by atoms with van der Waals surface area (Å²) in [7, 11) is 0. The van der Waals surface area contributed by atoms with E-state index >= 15 is 0 Å². The summed E-state index contributed by atoms with van der Waals surface area (Å²) in [5.41, 5.74) is 0.997. The second-order valence-corrected chi connectivity index (χ2v) is 5.75. The molecule has 0 saturated heterocycles. The van der Waals surface area contributed by atoms with Crippen molar-refractivity contribution in [1.29, 1.82) is 0 Å². The van der Waals surface area contributed by atoms with Gasteiger partial charge in [0.05, 0.1) is 0 Å². The van der Waals surface area contributed by atoms with Crippen LogP contribution < -0.4 is 0 Å². The van der Waals surface area contributed by atoms with E-state index < -0.39 is 12.1 Å². The highest BCUT2D eigenvalue weighted by Gasteiger charge is 2.18. The van der Waals surface area contributed by atoms with Crippen LogP contribution >= 0.6 is 15.9 Å². The van der Waals surface area contributed by atoms with E-state index in [-0.39, 0.29) is 11.6 Å². The third-order valence-electron chi connectivity index (χ3n) is 3.05. The van der Waals surface area contributed by atoms with Crippen molar-refractivity contribution < 1.29 is 18.7 Å². The molecule has 0 saturated carbocycles. The number of Topliss-reactive ketones (excluding diaryl/α,β-unsaturated/α-hetero) is 1. The smallest absolute Gasteiger partial charge is 0.331 e. The van der Waals surface area contributed by atoms with Crippen LogP contribution in [0.4, 0.5) is 4.39 Å². The summed E-state index contributed by atoms with van der Waals surface area (Å²) in [6.45, 7) is 1.51. The Morgan fingerprint density at radius 1 is 1.17 bits per heavy atom. The van der Waals surface area contributed by atoms with Gasteiger partial charge in [0.1, 0.15) is 5.82 Å². The number of carbonyl (C=O) groups excluding carboxylic acids is 2. The van der Waals surface area contributed by atoms with E-state index in [1.165, 1.54) is 31.2 Å². The molecule has 0 N–H and O–H groups in total. The van der Waals surface area contributed by atoms with Gasteiger partial charge in [0.25, 0.3) is 0 Å². The molecule has 0 bridgehead atoms. The van der Waals surface area contributed by atoms with E-state index in [4.69, 9.17) is 4.74 Å². The Balaban J connectivity index is 1.96. The minimum absolute atomic E-state index is 0.287. The molecule has 2 rings (SSSR count). The predicted octanol–water partition coefficient (Wildman–Crippen LogP) is 4.42. The van der Waals surface area contributed by atoms with Crippen LogP contribution in [0, 0.1) is 5.82 Å². The Hall–Kier alpha value is -2.27. The third kappa shape index (κ3) is 5.14.